The largest absolute Gasteiger partial charge is 0.486 e. The van der Waals surface area contributed by atoms with Crippen LogP contribution in [0.4, 0.5) is 5.69 Å². The highest BCUT2D eigenvalue weighted by molar-refractivity contribution is 5.96. The molecule has 0 saturated heterocycles. The van der Waals surface area contributed by atoms with Crippen molar-refractivity contribution in [3.05, 3.63) is 18.2 Å². The molecular weight excluding hydrogens is 306 g/mol. The van der Waals surface area contributed by atoms with Crippen LogP contribution in [0.3, 0.4) is 0 Å². The van der Waals surface area contributed by atoms with Crippen molar-refractivity contribution in [3.63, 3.8) is 0 Å². The van der Waals surface area contributed by atoms with Gasteiger partial charge in [0.25, 0.3) is 0 Å². The molecular formula is C19H23NO4. The SMILES string of the molecule is O=C(Nc1ccc2c(c1)OCCO2)C12C[C@@H]3C[C@@H](CC(O)(C3)C1)C2. The normalized spacial score (nSPS) is 38.9. The smallest absolute Gasteiger partial charge is 0.230 e. The first-order valence-electron chi connectivity index (χ1n) is 8.97. The Morgan fingerprint density at radius 1 is 1.08 bits per heavy atom. The molecule has 1 aliphatic heterocycles. The van der Waals surface area contributed by atoms with Crippen LogP contribution in [0.5, 0.6) is 11.5 Å². The summed E-state index contributed by atoms with van der Waals surface area (Å²) in [6.07, 6.45) is 5.39. The Balaban J connectivity index is 1.39. The minimum atomic E-state index is -0.617. The third kappa shape index (κ3) is 2.21. The summed E-state index contributed by atoms with van der Waals surface area (Å²) in [5.41, 5.74) is -0.271. The van der Waals surface area contributed by atoms with Gasteiger partial charge in [-0.1, -0.05) is 0 Å². The molecule has 5 heteroatoms. The van der Waals surface area contributed by atoms with Gasteiger partial charge >= 0.3 is 0 Å². The van der Waals surface area contributed by atoms with Gasteiger partial charge in [-0.25, -0.2) is 0 Å². The maximum absolute atomic E-state index is 13.1. The number of amides is 1. The molecule has 128 valence electrons. The zero-order valence-electron chi connectivity index (χ0n) is 13.7. The number of ether oxygens (including phenoxy) is 2. The summed E-state index contributed by atoms with van der Waals surface area (Å²) in [4.78, 5) is 13.1. The monoisotopic (exact) mass is 329 g/mol. The summed E-state index contributed by atoms with van der Waals surface area (Å²) in [5.74, 6) is 2.47. The van der Waals surface area contributed by atoms with Crippen molar-refractivity contribution in [3.8, 4) is 11.5 Å². The number of fused-ring (bicyclic) bond motifs is 1. The van der Waals surface area contributed by atoms with Gasteiger partial charge in [-0.2, -0.15) is 0 Å². The second-order valence-corrected chi connectivity index (χ2v) is 8.28. The Hall–Kier alpha value is -1.75. The molecule has 24 heavy (non-hydrogen) atoms. The predicted molar refractivity (Wildman–Crippen MR) is 88.1 cm³/mol. The highest BCUT2D eigenvalue weighted by Crippen LogP contribution is 2.61. The van der Waals surface area contributed by atoms with Crippen molar-refractivity contribution in [2.45, 2.75) is 44.1 Å². The first kappa shape index (κ1) is 14.6. The summed E-state index contributed by atoms with van der Waals surface area (Å²) < 4.78 is 11.1. The van der Waals surface area contributed by atoms with Gasteiger partial charge in [-0.05, 0) is 62.5 Å². The lowest BCUT2D eigenvalue weighted by Crippen LogP contribution is -2.59. The fourth-order valence-corrected chi connectivity index (χ4v) is 5.86. The molecule has 0 radical (unpaired) electrons. The molecule has 4 saturated carbocycles. The van der Waals surface area contributed by atoms with Crippen molar-refractivity contribution in [2.75, 3.05) is 18.5 Å². The van der Waals surface area contributed by atoms with Crippen molar-refractivity contribution in [2.24, 2.45) is 17.3 Å². The quantitative estimate of drug-likeness (QED) is 0.875. The Kier molecular flexibility index (Phi) is 2.97. The van der Waals surface area contributed by atoms with E-state index >= 15 is 0 Å². The Labute approximate surface area is 141 Å². The number of benzene rings is 1. The van der Waals surface area contributed by atoms with Gasteiger partial charge in [0.2, 0.25) is 5.91 Å². The first-order chi connectivity index (χ1) is 11.5. The topological polar surface area (TPSA) is 67.8 Å². The maximum Gasteiger partial charge on any atom is 0.230 e. The summed E-state index contributed by atoms with van der Waals surface area (Å²) in [6, 6.07) is 5.54. The minimum Gasteiger partial charge on any atom is -0.486 e. The standard InChI is InChI=1S/C19H23NO4/c21-17(20-14-1-2-15-16(6-14)24-4-3-23-15)18-7-12-5-13(8-18)10-19(22,9-12)11-18/h1-2,6,12-13,22H,3-5,7-11H2,(H,20,21)/t12-,13+,18?,19?. The van der Waals surface area contributed by atoms with Crippen LogP contribution in [0.2, 0.25) is 0 Å². The third-order valence-corrected chi connectivity index (χ3v) is 6.31. The highest BCUT2D eigenvalue weighted by Gasteiger charge is 2.60. The highest BCUT2D eigenvalue weighted by atomic mass is 16.6. The van der Waals surface area contributed by atoms with E-state index in [0.29, 0.717) is 37.2 Å². The Morgan fingerprint density at radius 3 is 2.50 bits per heavy atom. The van der Waals surface area contributed by atoms with E-state index in [0.717, 1.165) is 37.1 Å². The van der Waals surface area contributed by atoms with E-state index in [-0.39, 0.29) is 5.91 Å². The van der Waals surface area contributed by atoms with E-state index in [4.69, 9.17) is 9.47 Å². The van der Waals surface area contributed by atoms with Crippen LogP contribution in [-0.2, 0) is 4.79 Å². The third-order valence-electron chi connectivity index (χ3n) is 6.31. The molecule has 4 fully saturated rings. The molecule has 4 aliphatic carbocycles. The lowest BCUT2D eigenvalue weighted by atomic mass is 9.47. The van der Waals surface area contributed by atoms with E-state index in [9.17, 15) is 9.90 Å². The average Bonchev–Trinajstić information content (AvgIpc) is 2.52. The number of nitrogens with one attached hydrogen (secondary N) is 1. The molecule has 0 spiro atoms. The van der Waals surface area contributed by atoms with Crippen LogP contribution in [0.25, 0.3) is 0 Å². The van der Waals surface area contributed by atoms with E-state index in [1.807, 2.05) is 18.2 Å². The lowest BCUT2D eigenvalue weighted by molar-refractivity contribution is -0.174. The molecule has 5 aliphatic rings. The summed E-state index contributed by atoms with van der Waals surface area (Å²) >= 11 is 0. The van der Waals surface area contributed by atoms with Gasteiger partial charge in [0, 0.05) is 11.8 Å². The Bertz CT molecular complexity index is 687. The van der Waals surface area contributed by atoms with Crippen LogP contribution in [0.15, 0.2) is 18.2 Å². The van der Waals surface area contributed by atoms with Crippen molar-refractivity contribution < 1.29 is 19.4 Å². The molecule has 1 aromatic rings. The lowest BCUT2D eigenvalue weighted by Gasteiger charge is -2.59. The van der Waals surface area contributed by atoms with Gasteiger partial charge in [-0.3, -0.25) is 4.79 Å². The molecule has 1 heterocycles. The minimum absolute atomic E-state index is 0.0618. The van der Waals surface area contributed by atoms with Crippen LogP contribution < -0.4 is 14.8 Å². The average molecular weight is 329 g/mol. The zero-order valence-corrected chi connectivity index (χ0v) is 13.7. The summed E-state index contributed by atoms with van der Waals surface area (Å²) in [6.45, 7) is 1.09. The summed E-state index contributed by atoms with van der Waals surface area (Å²) in [7, 11) is 0. The van der Waals surface area contributed by atoms with Crippen LogP contribution in [-0.4, -0.2) is 29.8 Å². The predicted octanol–water partition coefficient (Wildman–Crippen LogP) is 2.73. The van der Waals surface area contributed by atoms with Gasteiger partial charge < -0.3 is 19.9 Å². The van der Waals surface area contributed by atoms with E-state index < -0.39 is 11.0 Å². The number of rotatable bonds is 2. The number of hydrogen-bond donors (Lipinski definition) is 2. The zero-order chi connectivity index (χ0) is 16.4. The molecule has 1 amide bonds. The molecule has 2 N–H and O–H groups in total. The Morgan fingerprint density at radius 2 is 1.79 bits per heavy atom. The van der Waals surface area contributed by atoms with Crippen molar-refractivity contribution in [1.29, 1.82) is 0 Å². The molecule has 4 bridgehead atoms. The molecule has 2 unspecified atom stereocenters. The maximum atomic E-state index is 13.1. The fraction of sp³-hybridized carbons (Fsp3) is 0.632. The number of carbonyl (C=O) groups excluding carboxylic acids is 1. The van der Waals surface area contributed by atoms with E-state index in [1.165, 1.54) is 6.42 Å². The fourth-order valence-electron chi connectivity index (χ4n) is 5.86. The number of hydrogen-bond acceptors (Lipinski definition) is 4. The number of carbonyl (C=O) groups is 1. The van der Waals surface area contributed by atoms with Crippen molar-refractivity contribution in [1.82, 2.24) is 0 Å². The second kappa shape index (κ2) is 4.88. The molecule has 5 nitrogen and oxygen atoms in total. The van der Waals surface area contributed by atoms with Gasteiger partial charge in [-0.15, -0.1) is 0 Å². The van der Waals surface area contributed by atoms with Crippen molar-refractivity contribution >= 4 is 11.6 Å². The molecule has 4 atom stereocenters. The second-order valence-electron chi connectivity index (χ2n) is 8.28. The van der Waals surface area contributed by atoms with Gasteiger partial charge in [0.05, 0.1) is 11.0 Å². The summed E-state index contributed by atoms with van der Waals surface area (Å²) in [5, 5.41) is 13.9. The molecule has 6 rings (SSSR count). The van der Waals surface area contributed by atoms with Gasteiger partial charge in [0.1, 0.15) is 13.2 Å². The van der Waals surface area contributed by atoms with Gasteiger partial charge in [0.15, 0.2) is 11.5 Å². The molecule has 1 aromatic carbocycles. The van der Waals surface area contributed by atoms with E-state index in [1.54, 1.807) is 0 Å². The number of aliphatic hydroxyl groups is 1. The van der Waals surface area contributed by atoms with Crippen LogP contribution >= 0.6 is 0 Å². The van der Waals surface area contributed by atoms with Crippen LogP contribution in [0.1, 0.15) is 38.5 Å². The number of anilines is 1. The first-order valence-corrected chi connectivity index (χ1v) is 8.97. The molecule has 0 aromatic heterocycles. The van der Waals surface area contributed by atoms with E-state index in [2.05, 4.69) is 5.32 Å². The van der Waals surface area contributed by atoms with Crippen LogP contribution in [0, 0.1) is 17.3 Å².